The van der Waals surface area contributed by atoms with Gasteiger partial charge in [0.05, 0.1) is 13.7 Å². The fourth-order valence-corrected chi connectivity index (χ4v) is 2.62. The lowest BCUT2D eigenvalue weighted by Gasteiger charge is -2.19. The molecule has 0 saturated carbocycles. The molecule has 2 aromatic carbocycles. The molecule has 0 saturated heterocycles. The van der Waals surface area contributed by atoms with E-state index in [1.54, 1.807) is 13.2 Å². The smallest absolute Gasteiger partial charge is 0.166 e. The average molecular weight is 350 g/mol. The topological polar surface area (TPSA) is 50.7 Å². The first-order chi connectivity index (χ1) is 11.7. The molecule has 0 bridgehead atoms. The van der Waals surface area contributed by atoms with Gasteiger partial charge in [-0.25, -0.2) is 0 Å². The summed E-state index contributed by atoms with van der Waals surface area (Å²) in [6, 6.07) is 13.6. The van der Waals surface area contributed by atoms with Crippen molar-refractivity contribution in [3.8, 4) is 11.5 Å². The molecule has 1 unspecified atom stereocenters. The van der Waals surface area contributed by atoms with Crippen LogP contribution in [-0.2, 0) is 13.2 Å². The van der Waals surface area contributed by atoms with Crippen molar-refractivity contribution in [1.82, 2.24) is 5.32 Å². The number of hydrogen-bond acceptors (Lipinski definition) is 4. The molecular weight excluding hydrogens is 326 g/mol. The summed E-state index contributed by atoms with van der Waals surface area (Å²) < 4.78 is 11.4. The van der Waals surface area contributed by atoms with Crippen molar-refractivity contribution in [2.45, 2.75) is 32.5 Å². The summed E-state index contributed by atoms with van der Waals surface area (Å²) >= 11 is 6.19. The fourth-order valence-electron chi connectivity index (χ4n) is 2.39. The van der Waals surface area contributed by atoms with Gasteiger partial charge < -0.3 is 19.9 Å². The van der Waals surface area contributed by atoms with E-state index in [0.29, 0.717) is 29.7 Å². The lowest BCUT2D eigenvalue weighted by atomic mass is 10.1. The van der Waals surface area contributed by atoms with Crippen molar-refractivity contribution in [3.63, 3.8) is 0 Å². The summed E-state index contributed by atoms with van der Waals surface area (Å²) in [5, 5.41) is 13.2. The summed E-state index contributed by atoms with van der Waals surface area (Å²) in [7, 11) is 1.60. The molecule has 0 heterocycles. The summed E-state index contributed by atoms with van der Waals surface area (Å²) in [4.78, 5) is 0. The van der Waals surface area contributed by atoms with Crippen LogP contribution in [0.2, 0.25) is 5.02 Å². The molecule has 5 heteroatoms. The van der Waals surface area contributed by atoms with Crippen LogP contribution in [-0.4, -0.2) is 24.9 Å². The standard InChI is InChI=1S/C19H24ClNO3/c1-3-17(12-22)21-11-15-9-16(20)10-18(23-2)19(15)24-13-14-7-5-4-6-8-14/h4-10,17,21-22H,3,11-13H2,1-2H3. The summed E-state index contributed by atoms with van der Waals surface area (Å²) in [5.41, 5.74) is 1.98. The molecule has 0 radical (unpaired) electrons. The predicted octanol–water partition coefficient (Wildman–Crippen LogP) is 3.79. The molecule has 0 amide bonds. The monoisotopic (exact) mass is 349 g/mol. The van der Waals surface area contributed by atoms with Gasteiger partial charge in [-0.3, -0.25) is 0 Å². The highest BCUT2D eigenvalue weighted by Crippen LogP contribution is 2.35. The van der Waals surface area contributed by atoms with Crippen LogP contribution in [0.25, 0.3) is 0 Å². The Morgan fingerprint density at radius 1 is 1.21 bits per heavy atom. The number of rotatable bonds is 9. The zero-order valence-corrected chi connectivity index (χ0v) is 14.8. The normalized spacial score (nSPS) is 12.0. The van der Waals surface area contributed by atoms with Crippen molar-refractivity contribution < 1.29 is 14.6 Å². The number of aliphatic hydroxyl groups is 1. The zero-order chi connectivity index (χ0) is 17.4. The van der Waals surface area contributed by atoms with Gasteiger partial charge in [0.1, 0.15) is 6.61 Å². The van der Waals surface area contributed by atoms with Crippen LogP contribution in [0.5, 0.6) is 11.5 Å². The molecule has 0 aromatic heterocycles. The lowest BCUT2D eigenvalue weighted by molar-refractivity contribution is 0.236. The predicted molar refractivity (Wildman–Crippen MR) is 96.8 cm³/mol. The Labute approximate surface area is 148 Å². The second-order valence-corrected chi connectivity index (χ2v) is 5.98. The third kappa shape index (κ3) is 5.13. The highest BCUT2D eigenvalue weighted by molar-refractivity contribution is 6.30. The Morgan fingerprint density at radius 2 is 1.96 bits per heavy atom. The summed E-state index contributed by atoms with van der Waals surface area (Å²) in [6.07, 6.45) is 0.842. The van der Waals surface area contributed by atoms with Crippen LogP contribution < -0.4 is 14.8 Å². The SMILES string of the molecule is CCC(CO)NCc1cc(Cl)cc(OC)c1OCc1ccccc1. The molecule has 0 fully saturated rings. The van der Waals surface area contributed by atoms with Crippen LogP contribution in [0.15, 0.2) is 42.5 Å². The van der Waals surface area contributed by atoms with Crippen molar-refractivity contribution >= 4 is 11.6 Å². The molecule has 2 N–H and O–H groups in total. The van der Waals surface area contributed by atoms with Crippen LogP contribution in [0.3, 0.4) is 0 Å². The Balaban J connectivity index is 2.19. The Bertz CT molecular complexity index is 630. The first-order valence-electron chi connectivity index (χ1n) is 8.05. The number of aliphatic hydroxyl groups excluding tert-OH is 1. The Morgan fingerprint density at radius 3 is 2.58 bits per heavy atom. The molecule has 4 nitrogen and oxygen atoms in total. The lowest BCUT2D eigenvalue weighted by Crippen LogP contribution is -2.31. The number of nitrogens with one attached hydrogen (secondary N) is 1. The van der Waals surface area contributed by atoms with E-state index in [1.165, 1.54) is 0 Å². The third-order valence-corrected chi connectivity index (χ3v) is 4.06. The van der Waals surface area contributed by atoms with E-state index in [-0.39, 0.29) is 12.6 Å². The summed E-state index contributed by atoms with van der Waals surface area (Å²) in [6.45, 7) is 3.11. The maximum Gasteiger partial charge on any atom is 0.166 e. The molecule has 0 aliphatic rings. The molecule has 0 spiro atoms. The molecule has 2 rings (SSSR count). The van der Waals surface area contributed by atoms with Crippen molar-refractivity contribution in [2.75, 3.05) is 13.7 Å². The van der Waals surface area contributed by atoms with Gasteiger partial charge in [0.2, 0.25) is 0 Å². The second-order valence-electron chi connectivity index (χ2n) is 5.54. The van der Waals surface area contributed by atoms with E-state index in [4.69, 9.17) is 21.1 Å². The van der Waals surface area contributed by atoms with Crippen molar-refractivity contribution in [2.24, 2.45) is 0 Å². The maximum atomic E-state index is 9.34. The highest BCUT2D eigenvalue weighted by atomic mass is 35.5. The van der Waals surface area contributed by atoms with E-state index in [9.17, 15) is 5.11 Å². The van der Waals surface area contributed by atoms with Crippen molar-refractivity contribution in [3.05, 3.63) is 58.6 Å². The number of benzene rings is 2. The minimum Gasteiger partial charge on any atom is -0.493 e. The number of methoxy groups -OCH3 is 1. The van der Waals surface area contributed by atoms with Gasteiger partial charge in [0.25, 0.3) is 0 Å². The minimum absolute atomic E-state index is 0.0388. The molecule has 1 atom stereocenters. The van der Waals surface area contributed by atoms with E-state index in [2.05, 4.69) is 5.32 Å². The number of hydrogen-bond donors (Lipinski definition) is 2. The van der Waals surface area contributed by atoms with Gasteiger partial charge >= 0.3 is 0 Å². The van der Waals surface area contributed by atoms with Gasteiger partial charge in [0, 0.05) is 29.2 Å². The maximum absolute atomic E-state index is 9.34. The molecular formula is C19H24ClNO3. The van der Waals surface area contributed by atoms with Crippen LogP contribution in [0, 0.1) is 0 Å². The zero-order valence-electron chi connectivity index (χ0n) is 14.1. The van der Waals surface area contributed by atoms with Crippen LogP contribution >= 0.6 is 11.6 Å². The van der Waals surface area contributed by atoms with Gasteiger partial charge in [-0.15, -0.1) is 0 Å². The molecule has 0 aliphatic carbocycles. The minimum atomic E-state index is 0.0388. The average Bonchev–Trinajstić information content (AvgIpc) is 2.62. The van der Waals surface area contributed by atoms with E-state index < -0.39 is 0 Å². The Kier molecular flexibility index (Phi) is 7.37. The van der Waals surface area contributed by atoms with Crippen molar-refractivity contribution in [1.29, 1.82) is 0 Å². The fraction of sp³-hybridized carbons (Fsp3) is 0.368. The quantitative estimate of drug-likeness (QED) is 0.723. The number of ether oxygens (including phenoxy) is 2. The highest BCUT2D eigenvalue weighted by Gasteiger charge is 2.14. The molecule has 2 aromatic rings. The summed E-state index contributed by atoms with van der Waals surface area (Å²) in [5.74, 6) is 1.28. The number of halogens is 1. The van der Waals surface area contributed by atoms with E-state index in [0.717, 1.165) is 17.5 Å². The van der Waals surface area contributed by atoms with Crippen LogP contribution in [0.1, 0.15) is 24.5 Å². The first-order valence-corrected chi connectivity index (χ1v) is 8.43. The molecule has 24 heavy (non-hydrogen) atoms. The first kappa shape index (κ1) is 18.6. The molecule has 0 aliphatic heterocycles. The van der Waals surface area contributed by atoms with Gasteiger partial charge in [-0.2, -0.15) is 0 Å². The van der Waals surface area contributed by atoms with E-state index in [1.807, 2.05) is 43.3 Å². The molecule has 130 valence electrons. The third-order valence-electron chi connectivity index (χ3n) is 3.84. The van der Waals surface area contributed by atoms with Crippen LogP contribution in [0.4, 0.5) is 0 Å². The van der Waals surface area contributed by atoms with Gasteiger partial charge in [-0.05, 0) is 18.1 Å². The van der Waals surface area contributed by atoms with Gasteiger partial charge in [-0.1, -0.05) is 48.9 Å². The second kappa shape index (κ2) is 9.52. The largest absolute Gasteiger partial charge is 0.493 e. The Hall–Kier alpha value is -1.75. The van der Waals surface area contributed by atoms with E-state index >= 15 is 0 Å². The van der Waals surface area contributed by atoms with Gasteiger partial charge in [0.15, 0.2) is 11.5 Å².